The molecule has 0 spiro atoms. The summed E-state index contributed by atoms with van der Waals surface area (Å²) < 4.78 is 127. The molecule has 56 atom stereocenters. The molecular weight excluding hydrogens is 1930 g/mol. The van der Waals surface area contributed by atoms with Crippen molar-refractivity contribution in [2.45, 2.75) is 398 Å². The summed E-state index contributed by atoms with van der Waals surface area (Å²) >= 11 is 0. The Morgan fingerprint density at radius 2 is 0.652 bits per heavy atom. The first-order chi connectivity index (χ1) is 66.4. The van der Waals surface area contributed by atoms with Crippen LogP contribution >= 0.6 is 0 Å². The highest BCUT2D eigenvalue weighted by molar-refractivity contribution is 5.77. The number of carbonyl (C=O) groups excluding carboxylic acids is 5. The van der Waals surface area contributed by atoms with Crippen LogP contribution in [0, 0.1) is 0 Å². The van der Waals surface area contributed by atoms with Gasteiger partial charge in [0.05, 0.1) is 83.8 Å². The van der Waals surface area contributed by atoms with Crippen molar-refractivity contribution in [2.24, 2.45) is 0 Å². The summed E-state index contributed by atoms with van der Waals surface area (Å²) in [6.45, 7) is -3.80. The van der Waals surface area contributed by atoms with Crippen molar-refractivity contribution >= 4 is 35.5 Å². The number of carboxylic acid groups (broad SMARTS) is 1. The maximum Gasteiger partial charge on any atom is 0.364 e. The van der Waals surface area contributed by atoms with E-state index in [1.807, 2.05) is 0 Å². The van der Waals surface area contributed by atoms with Crippen molar-refractivity contribution in [3.8, 4) is 0 Å². The number of aliphatic hydroxyl groups is 29. The fraction of sp³-hybridized carbons (Fsp3) is 0.924. The Morgan fingerprint density at radius 1 is 0.305 bits per heavy atom. The number of ether oxygens (including phenoxy) is 21. The quantitative estimate of drug-likeness (QED) is 0.0275. The lowest BCUT2D eigenvalue weighted by atomic mass is 9.88. The largest absolute Gasteiger partial charge is 0.477 e. The lowest BCUT2D eigenvalue weighted by Gasteiger charge is -2.52. The van der Waals surface area contributed by atoms with Gasteiger partial charge in [0.2, 0.25) is 29.5 Å². The summed E-state index contributed by atoms with van der Waals surface area (Å²) in [5.74, 6) is -10.1. The molecule has 0 radical (unpaired) electrons. The second-order valence-electron chi connectivity index (χ2n) is 36.0. The summed E-state index contributed by atoms with van der Waals surface area (Å²) in [5, 5.41) is 351. The zero-order valence-electron chi connectivity index (χ0n) is 76.3. The van der Waals surface area contributed by atoms with Crippen molar-refractivity contribution in [1.29, 1.82) is 0 Å². The van der Waals surface area contributed by atoms with Gasteiger partial charge in [-0.1, -0.05) is 0 Å². The van der Waals surface area contributed by atoms with Crippen molar-refractivity contribution < 1.29 is 281 Å². The number of aliphatic hydroxyl groups excluding tert-OH is 29. The van der Waals surface area contributed by atoms with E-state index in [1.54, 1.807) is 0 Å². The number of aliphatic carboxylic acids is 1. The van der Waals surface area contributed by atoms with Gasteiger partial charge in [-0.25, -0.2) is 4.79 Å². The average Bonchev–Trinajstić information content (AvgIpc) is 0.742. The second-order valence-corrected chi connectivity index (χ2v) is 36.0. The molecule has 0 saturated carbocycles. The molecule has 62 heteroatoms. The van der Waals surface area contributed by atoms with Gasteiger partial charge in [0, 0.05) is 41.0 Å². The molecule has 0 aliphatic carbocycles. The number of amides is 5. The molecule has 0 bridgehead atoms. The Bertz CT molecular complexity index is 3990. The van der Waals surface area contributed by atoms with Gasteiger partial charge in [-0.05, 0) is 13.8 Å². The Balaban J connectivity index is 0.947. The van der Waals surface area contributed by atoms with E-state index in [0.717, 1.165) is 34.6 Å². The van der Waals surface area contributed by atoms with Gasteiger partial charge >= 0.3 is 5.97 Å². The van der Waals surface area contributed by atoms with Crippen LogP contribution in [0.2, 0.25) is 0 Å². The highest BCUT2D eigenvalue weighted by Gasteiger charge is 2.64. The number of hydrogen-bond acceptors (Lipinski definition) is 56. The lowest BCUT2D eigenvalue weighted by Crippen LogP contribution is -2.71. The second kappa shape index (κ2) is 50.0. The van der Waals surface area contributed by atoms with E-state index in [9.17, 15) is 182 Å². The molecule has 0 aromatic heterocycles. The third kappa shape index (κ3) is 25.9. The maximum atomic E-state index is 13.8. The molecule has 11 saturated heterocycles. The SMILES string of the molecule is CC(=O)N[C@@H]1[C@@H](O)[C@H](O[C@@H]2O[C@H](CO)[C@@H](O[C@@H]3O[C@H](CO[C@H]4O[C@H](CO)[C@@H](O)[C@H](O)[C@@H]4O[C@@H]4O[C@H](CO)[C@@H](O)[C@H](O)[C@H]4NC(C)=O)[C@@H](O)[C@H](O[C@H]4O[C@H](CO)[C@@H](O)[C@H](O)[C@@H]4O[C@@H]4O[C@H](CO)[C@@H](O[C@@H]5O[C@H](CO[C@]6(C(=O)O)C[C@H](O)[C@@H](NC(C)=O)[C@H]([C@H](O)[C@H](O)CO)O6)[C@H](O)[C@H](O)[C@H]5O)[C@H](O[C@@H]5O[C@@H](C)[C@@H](O)[C@@H](O)[C@@H]5O)[C@H]4NC(C)=O)[C@@H]3O)[C@H](O)[C@H]2NC(C)=O)[C@@H](CO[C@@H]2O[C@@H](C)[C@@H](O)[C@@H](O)[C@@H]2O)O[C@H]1O. The molecule has 11 rings (SSSR count). The molecule has 0 aromatic carbocycles. The number of nitrogens with one attached hydrogen (secondary N) is 5. The van der Waals surface area contributed by atoms with Crippen LogP contribution in [-0.4, -0.2) is 591 Å². The molecule has 814 valence electrons. The van der Waals surface area contributed by atoms with Crippen molar-refractivity contribution in [3.63, 3.8) is 0 Å². The van der Waals surface area contributed by atoms with Gasteiger partial charge in [0.25, 0.3) is 5.79 Å². The Morgan fingerprint density at radius 3 is 1.17 bits per heavy atom. The van der Waals surface area contributed by atoms with Crippen LogP contribution in [0.5, 0.6) is 0 Å². The molecule has 11 aliphatic heterocycles. The number of carbonyl (C=O) groups is 6. The van der Waals surface area contributed by atoms with E-state index in [0.29, 0.717) is 0 Å². The summed E-state index contributed by atoms with van der Waals surface area (Å²) in [6, 6.07) is -9.66. The first kappa shape index (κ1) is 116. The van der Waals surface area contributed by atoms with Gasteiger partial charge in [0.15, 0.2) is 62.9 Å². The van der Waals surface area contributed by atoms with E-state index < -0.39 is 444 Å². The Kier molecular flexibility index (Phi) is 41.1. The fourth-order valence-corrected chi connectivity index (χ4v) is 18.2. The zero-order valence-corrected chi connectivity index (χ0v) is 76.3. The summed E-state index contributed by atoms with van der Waals surface area (Å²) in [5.41, 5.74) is 0. The molecule has 62 nitrogen and oxygen atoms in total. The van der Waals surface area contributed by atoms with E-state index in [2.05, 4.69) is 26.6 Å². The van der Waals surface area contributed by atoms with Crippen LogP contribution in [0.15, 0.2) is 0 Å². The minimum absolute atomic E-state index is 0.833. The first-order valence-corrected chi connectivity index (χ1v) is 45.0. The summed E-state index contributed by atoms with van der Waals surface area (Å²) in [7, 11) is 0. The van der Waals surface area contributed by atoms with Crippen LogP contribution in [0.4, 0.5) is 0 Å². The minimum atomic E-state index is -3.18. The van der Waals surface area contributed by atoms with Crippen molar-refractivity contribution in [3.05, 3.63) is 0 Å². The third-order valence-electron chi connectivity index (χ3n) is 25.9. The predicted octanol–water partition coefficient (Wildman–Crippen LogP) is -23.0. The molecule has 0 unspecified atom stereocenters. The molecule has 11 fully saturated rings. The number of carboxylic acids is 1. The molecule has 141 heavy (non-hydrogen) atoms. The highest BCUT2D eigenvalue weighted by atomic mass is 16.8. The minimum Gasteiger partial charge on any atom is -0.477 e. The topological polar surface area (TPSA) is 963 Å². The molecule has 35 N–H and O–H groups in total. The van der Waals surface area contributed by atoms with E-state index in [4.69, 9.17) is 99.5 Å². The normalized spacial score (nSPS) is 48.3. The highest BCUT2D eigenvalue weighted by Crippen LogP contribution is 2.43. The Hall–Kier alpha value is -5.18. The van der Waals surface area contributed by atoms with Gasteiger partial charge in [-0.3, -0.25) is 24.0 Å². The van der Waals surface area contributed by atoms with Crippen LogP contribution < -0.4 is 26.6 Å². The third-order valence-corrected chi connectivity index (χ3v) is 25.9. The average molecular weight is 2060 g/mol. The predicted molar refractivity (Wildman–Crippen MR) is 435 cm³/mol. The van der Waals surface area contributed by atoms with Crippen LogP contribution in [0.3, 0.4) is 0 Å². The van der Waals surface area contributed by atoms with E-state index >= 15 is 0 Å². The molecule has 11 aliphatic rings. The standard InChI is InChI=1S/C79H131N5O57/c1-18-40(98)51(109)56(114)72(124-18)121-16-34-61(49(107)36(68(118)126-34)81-21(4)92)134-70-38(83-23(6)94)50(108)60(30(13-89)130-70)135-75-59(117)65(47(105)32(132-75)15-122-76-66(54(112)44(102)28(11-87)128-76)139-69-37(82-22(5)93)48(106)43(101)27(10-86)127-69)138-77-67(55(113)45(103)29(12-88)129-77)140-71-39(84-24(7)95)64(137-73-57(115)52(110)41(99)19(2)125-73)62(31(14-90)131-71)136-74-58(116)53(111)46(104)33(133-74)17-123-79(78(119)120)8-25(96)35(80-20(3)91)63(141-79)42(100)26(97)9-85/h18-19,25-77,85-90,96-118H,8-17H2,1-7H3,(H,80,91)(H,81,92)(H,82,93)(H,83,94)(H,84,95)(H,119,120)/t18-,19-,25-,26+,27+,28+,29+,30+,31+,32+,33+,34+,35+,36+,37+,38+,39+,40+,41+,42+,43+,44+,45+,46-,47+,48+,49+,50+,51+,52+,53-,54-,55-,56-,57-,58+,59-,60+,61+,62+,63+,64+,65-,66-,67-,68+,69-,70-,71-,72+,73-,74-,75-,76-,77+,79+/m0/s1. The van der Waals surface area contributed by atoms with Gasteiger partial charge in [-0.2, -0.15) is 0 Å². The number of hydrogen-bond donors (Lipinski definition) is 35. The summed E-state index contributed by atoms with van der Waals surface area (Å²) in [6.07, 6.45) is -110. The smallest absolute Gasteiger partial charge is 0.364 e. The summed E-state index contributed by atoms with van der Waals surface area (Å²) in [4.78, 5) is 77.9. The fourth-order valence-electron chi connectivity index (χ4n) is 18.2. The van der Waals surface area contributed by atoms with Crippen molar-refractivity contribution in [1.82, 2.24) is 26.6 Å². The van der Waals surface area contributed by atoms with Crippen LogP contribution in [0.25, 0.3) is 0 Å². The van der Waals surface area contributed by atoms with Crippen molar-refractivity contribution in [2.75, 3.05) is 59.5 Å². The Labute approximate surface area is 798 Å². The zero-order chi connectivity index (χ0) is 104. The molecular formula is C79H131N5O57. The van der Waals surface area contributed by atoms with Crippen LogP contribution in [-0.2, 0) is 128 Å². The van der Waals surface area contributed by atoms with Crippen LogP contribution in [0.1, 0.15) is 54.9 Å². The first-order valence-electron chi connectivity index (χ1n) is 45.0. The van der Waals surface area contributed by atoms with Gasteiger partial charge in [-0.15, -0.1) is 0 Å². The van der Waals surface area contributed by atoms with Gasteiger partial charge in [0.1, 0.15) is 250 Å². The van der Waals surface area contributed by atoms with Gasteiger partial charge < -0.3 is 279 Å². The molecule has 11 heterocycles. The monoisotopic (exact) mass is 2060 g/mol. The van der Waals surface area contributed by atoms with E-state index in [1.165, 1.54) is 13.8 Å². The molecule has 5 amide bonds. The maximum absolute atomic E-state index is 13.8. The lowest BCUT2D eigenvalue weighted by molar-refractivity contribution is -0.404. The van der Waals surface area contributed by atoms with E-state index in [-0.39, 0.29) is 0 Å². The molecule has 0 aromatic rings. The number of rotatable bonds is 37.